The number of carbonyl (C=O) groups excluding carboxylic acids is 1. The molecule has 1 aromatic carbocycles. The Hall–Kier alpha value is -1.70. The van der Waals surface area contributed by atoms with Crippen LogP contribution < -0.4 is 10.6 Å². The van der Waals surface area contributed by atoms with Crippen LogP contribution in [0.25, 0.3) is 0 Å². The molecule has 2 N–H and O–H groups in total. The number of hydrogen-bond donors (Lipinski definition) is 2. The standard InChI is InChI=1S/C15H21N3O3S/c1-4-15(19)17-13-5-7-14(8-6-13)22(20,21)18-10-11(2)16-9-12(18)3/h4-8,11-12,16H,1,9-10H2,2-3H3,(H,17,19). The molecule has 22 heavy (non-hydrogen) atoms. The number of hydrogen-bond acceptors (Lipinski definition) is 4. The summed E-state index contributed by atoms with van der Waals surface area (Å²) in [4.78, 5) is 11.5. The highest BCUT2D eigenvalue weighted by molar-refractivity contribution is 7.89. The van der Waals surface area contributed by atoms with Crippen LogP contribution in [0.2, 0.25) is 0 Å². The third-order valence-corrected chi connectivity index (χ3v) is 5.62. The molecule has 0 spiro atoms. The number of sulfonamides is 1. The minimum absolute atomic E-state index is 0.0960. The Morgan fingerprint density at radius 2 is 2.00 bits per heavy atom. The first-order chi connectivity index (χ1) is 10.3. The van der Waals surface area contributed by atoms with Gasteiger partial charge in [0.25, 0.3) is 0 Å². The van der Waals surface area contributed by atoms with E-state index in [4.69, 9.17) is 0 Å². The fourth-order valence-corrected chi connectivity index (χ4v) is 4.08. The minimum atomic E-state index is -3.53. The van der Waals surface area contributed by atoms with Crippen molar-refractivity contribution < 1.29 is 13.2 Å². The van der Waals surface area contributed by atoms with Crippen LogP contribution in [0.15, 0.2) is 41.8 Å². The highest BCUT2D eigenvalue weighted by atomic mass is 32.2. The molecule has 1 aliphatic rings. The molecular weight excluding hydrogens is 302 g/mol. The molecule has 0 aromatic heterocycles. The topological polar surface area (TPSA) is 78.5 Å². The van der Waals surface area contributed by atoms with Crippen LogP contribution >= 0.6 is 0 Å². The SMILES string of the molecule is C=CC(=O)Nc1ccc(S(=O)(=O)N2CC(C)NCC2C)cc1. The molecule has 2 unspecified atom stereocenters. The van der Waals surface area contributed by atoms with Crippen molar-refractivity contribution in [3.8, 4) is 0 Å². The molecule has 6 nitrogen and oxygen atoms in total. The number of nitrogens with one attached hydrogen (secondary N) is 2. The monoisotopic (exact) mass is 323 g/mol. The first-order valence-electron chi connectivity index (χ1n) is 7.13. The Labute approximate surface area is 131 Å². The van der Waals surface area contributed by atoms with Gasteiger partial charge in [0.2, 0.25) is 15.9 Å². The number of benzene rings is 1. The van der Waals surface area contributed by atoms with Crippen LogP contribution in [0.5, 0.6) is 0 Å². The maximum Gasteiger partial charge on any atom is 0.247 e. The molecule has 2 atom stereocenters. The van der Waals surface area contributed by atoms with Crippen molar-refractivity contribution in [2.24, 2.45) is 0 Å². The number of piperazine rings is 1. The summed E-state index contributed by atoms with van der Waals surface area (Å²) in [5.74, 6) is -0.333. The van der Waals surface area contributed by atoms with Gasteiger partial charge in [-0.1, -0.05) is 6.58 Å². The second-order valence-electron chi connectivity index (χ2n) is 5.45. The van der Waals surface area contributed by atoms with E-state index in [1.807, 2.05) is 13.8 Å². The molecule has 1 amide bonds. The Balaban J connectivity index is 2.22. The van der Waals surface area contributed by atoms with E-state index < -0.39 is 10.0 Å². The average molecular weight is 323 g/mol. The van der Waals surface area contributed by atoms with Crippen LogP contribution in [0.4, 0.5) is 5.69 Å². The van der Waals surface area contributed by atoms with Crippen LogP contribution in [0.1, 0.15) is 13.8 Å². The molecule has 0 bridgehead atoms. The first kappa shape index (κ1) is 16.7. The third kappa shape index (κ3) is 3.55. The number of anilines is 1. The molecule has 0 aliphatic carbocycles. The van der Waals surface area contributed by atoms with Crippen LogP contribution in [-0.2, 0) is 14.8 Å². The van der Waals surface area contributed by atoms with Gasteiger partial charge in [0, 0.05) is 30.9 Å². The molecule has 1 aliphatic heterocycles. The lowest BCUT2D eigenvalue weighted by Gasteiger charge is -2.36. The van der Waals surface area contributed by atoms with E-state index in [0.717, 1.165) is 6.08 Å². The molecular formula is C15H21N3O3S. The summed E-state index contributed by atoms with van der Waals surface area (Å²) in [6, 6.07) is 6.19. The third-order valence-electron chi connectivity index (χ3n) is 3.62. The fourth-order valence-electron chi connectivity index (χ4n) is 2.36. The Morgan fingerprint density at radius 3 is 2.59 bits per heavy atom. The summed E-state index contributed by atoms with van der Waals surface area (Å²) in [7, 11) is -3.53. The highest BCUT2D eigenvalue weighted by Gasteiger charge is 2.33. The van der Waals surface area contributed by atoms with Gasteiger partial charge in [-0.3, -0.25) is 4.79 Å². The predicted octanol–water partition coefficient (Wildman–Crippen LogP) is 1.18. The molecule has 2 rings (SSSR count). The van der Waals surface area contributed by atoms with Crippen LogP contribution in [0, 0.1) is 0 Å². The van der Waals surface area contributed by atoms with Gasteiger partial charge in [0.15, 0.2) is 0 Å². The lowest BCUT2D eigenvalue weighted by Crippen LogP contribution is -2.56. The number of carbonyl (C=O) groups is 1. The molecule has 1 heterocycles. The zero-order chi connectivity index (χ0) is 16.3. The van der Waals surface area contributed by atoms with Gasteiger partial charge >= 0.3 is 0 Å². The second-order valence-corrected chi connectivity index (χ2v) is 7.34. The van der Waals surface area contributed by atoms with Gasteiger partial charge in [-0.05, 0) is 44.2 Å². The van der Waals surface area contributed by atoms with Gasteiger partial charge in [-0.15, -0.1) is 0 Å². The van der Waals surface area contributed by atoms with Gasteiger partial charge in [0.05, 0.1) is 4.90 Å². The Kier molecular flexibility index (Phi) is 5.00. The van der Waals surface area contributed by atoms with Crippen LogP contribution in [-0.4, -0.2) is 43.8 Å². The molecule has 120 valence electrons. The highest BCUT2D eigenvalue weighted by Crippen LogP contribution is 2.22. The van der Waals surface area contributed by atoms with E-state index in [1.165, 1.54) is 16.4 Å². The minimum Gasteiger partial charge on any atom is -0.323 e. The second kappa shape index (κ2) is 6.60. The molecule has 1 saturated heterocycles. The molecule has 1 aromatic rings. The van der Waals surface area contributed by atoms with E-state index in [-0.39, 0.29) is 22.9 Å². The smallest absolute Gasteiger partial charge is 0.247 e. The van der Waals surface area contributed by atoms with Gasteiger partial charge in [-0.2, -0.15) is 4.31 Å². The van der Waals surface area contributed by atoms with E-state index in [0.29, 0.717) is 18.8 Å². The quantitative estimate of drug-likeness (QED) is 0.816. The maximum atomic E-state index is 12.7. The molecule has 1 fully saturated rings. The van der Waals surface area contributed by atoms with Crippen molar-refractivity contribution in [3.05, 3.63) is 36.9 Å². The summed E-state index contributed by atoms with van der Waals surface area (Å²) in [5.41, 5.74) is 0.533. The predicted molar refractivity (Wildman–Crippen MR) is 86.1 cm³/mol. The Morgan fingerprint density at radius 1 is 1.36 bits per heavy atom. The lowest BCUT2D eigenvalue weighted by molar-refractivity contribution is -0.111. The van der Waals surface area contributed by atoms with Crippen molar-refractivity contribution in [1.82, 2.24) is 9.62 Å². The zero-order valence-electron chi connectivity index (χ0n) is 12.7. The van der Waals surface area contributed by atoms with Gasteiger partial charge in [-0.25, -0.2) is 8.42 Å². The average Bonchev–Trinajstić information content (AvgIpc) is 2.50. The number of rotatable bonds is 4. The number of amides is 1. The largest absolute Gasteiger partial charge is 0.323 e. The molecule has 0 radical (unpaired) electrons. The van der Waals surface area contributed by atoms with Crippen LogP contribution in [0.3, 0.4) is 0 Å². The van der Waals surface area contributed by atoms with E-state index >= 15 is 0 Å². The normalized spacial score (nSPS) is 23.0. The van der Waals surface area contributed by atoms with Crippen molar-refractivity contribution in [2.75, 3.05) is 18.4 Å². The maximum absolute atomic E-state index is 12.7. The molecule has 7 heteroatoms. The summed E-state index contributed by atoms with van der Waals surface area (Å²) in [6.45, 7) is 8.29. The summed E-state index contributed by atoms with van der Waals surface area (Å²) in [5, 5.41) is 5.85. The van der Waals surface area contributed by atoms with E-state index in [9.17, 15) is 13.2 Å². The van der Waals surface area contributed by atoms with E-state index in [1.54, 1.807) is 12.1 Å². The summed E-state index contributed by atoms with van der Waals surface area (Å²) >= 11 is 0. The lowest BCUT2D eigenvalue weighted by atomic mass is 10.2. The summed E-state index contributed by atoms with van der Waals surface area (Å²) < 4.78 is 27.0. The van der Waals surface area contributed by atoms with Crippen molar-refractivity contribution in [2.45, 2.75) is 30.8 Å². The first-order valence-corrected chi connectivity index (χ1v) is 8.57. The zero-order valence-corrected chi connectivity index (χ0v) is 13.6. The van der Waals surface area contributed by atoms with Crippen molar-refractivity contribution >= 4 is 21.6 Å². The Bertz CT molecular complexity index is 655. The van der Waals surface area contributed by atoms with Gasteiger partial charge in [0.1, 0.15) is 0 Å². The summed E-state index contributed by atoms with van der Waals surface area (Å²) in [6.07, 6.45) is 1.16. The number of nitrogens with zero attached hydrogens (tertiary/aromatic N) is 1. The van der Waals surface area contributed by atoms with E-state index in [2.05, 4.69) is 17.2 Å². The van der Waals surface area contributed by atoms with Gasteiger partial charge < -0.3 is 10.6 Å². The van der Waals surface area contributed by atoms with Crippen molar-refractivity contribution in [1.29, 1.82) is 0 Å². The fraction of sp³-hybridized carbons (Fsp3) is 0.400. The molecule has 0 saturated carbocycles. The van der Waals surface area contributed by atoms with Crippen molar-refractivity contribution in [3.63, 3.8) is 0 Å².